The number of nitrogens with zero attached hydrogens (tertiary/aromatic N) is 2. The maximum absolute atomic E-state index is 12.5. The maximum atomic E-state index is 12.5. The molecular formula is C21H33N5O5. The first-order chi connectivity index (χ1) is 14.3. The van der Waals surface area contributed by atoms with Crippen LogP contribution in [0.3, 0.4) is 0 Å². The molecule has 0 aliphatic heterocycles. The van der Waals surface area contributed by atoms with Gasteiger partial charge in [-0.1, -0.05) is 6.42 Å². The van der Waals surface area contributed by atoms with Crippen molar-refractivity contribution in [2.24, 2.45) is 5.92 Å². The van der Waals surface area contributed by atoms with Crippen molar-refractivity contribution in [3.05, 3.63) is 17.8 Å². The van der Waals surface area contributed by atoms with Crippen LogP contribution in [0.15, 0.2) is 12.1 Å². The normalized spacial score (nSPS) is 19.2. The first kappa shape index (κ1) is 24.4. The van der Waals surface area contributed by atoms with Gasteiger partial charge in [-0.05, 0) is 72.9 Å². The van der Waals surface area contributed by atoms with E-state index in [1.165, 1.54) is 12.1 Å². The van der Waals surface area contributed by atoms with Gasteiger partial charge in [-0.3, -0.25) is 15.6 Å². The molecule has 1 aromatic heterocycles. The van der Waals surface area contributed by atoms with Gasteiger partial charge in [0.1, 0.15) is 11.2 Å². The zero-order valence-corrected chi connectivity index (χ0v) is 19.1. The Bertz CT molecular complexity index is 783. The molecule has 3 N–H and O–H groups in total. The Labute approximate surface area is 182 Å². The SMILES string of the molecule is CC(C)(C)OC(=O)N[C@@H]1CCC[C@H](C(=O)NNc2ccc(C(=O)OC(C)(C)C)nn2)C1. The van der Waals surface area contributed by atoms with Gasteiger partial charge >= 0.3 is 12.1 Å². The zero-order valence-electron chi connectivity index (χ0n) is 19.1. The second-order valence-electron chi connectivity index (χ2n) is 9.63. The lowest BCUT2D eigenvalue weighted by Crippen LogP contribution is -2.45. The van der Waals surface area contributed by atoms with Crippen molar-refractivity contribution in [3.63, 3.8) is 0 Å². The Kier molecular flexibility index (Phi) is 7.80. The molecule has 10 heteroatoms. The number of amides is 2. The van der Waals surface area contributed by atoms with Crippen molar-refractivity contribution < 1.29 is 23.9 Å². The van der Waals surface area contributed by atoms with Gasteiger partial charge in [0.05, 0.1) is 0 Å². The monoisotopic (exact) mass is 435 g/mol. The molecule has 0 bridgehead atoms. The van der Waals surface area contributed by atoms with Crippen LogP contribution >= 0.6 is 0 Å². The fourth-order valence-electron chi connectivity index (χ4n) is 3.10. The summed E-state index contributed by atoms with van der Waals surface area (Å²) in [5.74, 6) is -0.731. The molecule has 0 aromatic carbocycles. The van der Waals surface area contributed by atoms with Gasteiger partial charge in [-0.15, -0.1) is 10.2 Å². The van der Waals surface area contributed by atoms with Gasteiger partial charge in [0.25, 0.3) is 0 Å². The Morgan fingerprint density at radius 3 is 2.23 bits per heavy atom. The van der Waals surface area contributed by atoms with Crippen LogP contribution in [0.5, 0.6) is 0 Å². The molecular weight excluding hydrogens is 402 g/mol. The van der Waals surface area contributed by atoms with E-state index in [-0.39, 0.29) is 23.6 Å². The molecule has 31 heavy (non-hydrogen) atoms. The summed E-state index contributed by atoms with van der Waals surface area (Å²) >= 11 is 0. The van der Waals surface area contributed by atoms with E-state index in [0.29, 0.717) is 12.2 Å². The summed E-state index contributed by atoms with van der Waals surface area (Å²) in [6.45, 7) is 10.7. The number of esters is 1. The van der Waals surface area contributed by atoms with Crippen molar-refractivity contribution >= 4 is 23.8 Å². The molecule has 10 nitrogen and oxygen atoms in total. The number of nitrogens with one attached hydrogen (secondary N) is 3. The standard InChI is InChI=1S/C21H33N5O5/c1-20(2,3)30-18(28)15-10-11-16(24-23-15)25-26-17(27)13-8-7-9-14(12-13)22-19(29)31-21(4,5)6/h10-11,13-14H,7-9,12H2,1-6H3,(H,22,29)(H,24,25)(H,26,27)/t13-,14+/m0/s1. The lowest BCUT2D eigenvalue weighted by atomic mass is 9.85. The minimum absolute atomic E-state index is 0.0788. The van der Waals surface area contributed by atoms with Gasteiger partial charge in [-0.2, -0.15) is 0 Å². The minimum Gasteiger partial charge on any atom is -0.455 e. The van der Waals surface area contributed by atoms with Crippen molar-refractivity contribution in [1.29, 1.82) is 0 Å². The molecule has 2 atom stereocenters. The Balaban J connectivity index is 1.82. The van der Waals surface area contributed by atoms with Crippen LogP contribution in [0.1, 0.15) is 77.7 Å². The summed E-state index contributed by atoms with van der Waals surface area (Å²) < 4.78 is 10.5. The number of ether oxygens (including phenoxy) is 2. The van der Waals surface area contributed by atoms with Crippen LogP contribution in [-0.2, 0) is 14.3 Å². The maximum Gasteiger partial charge on any atom is 0.407 e. The quantitative estimate of drug-likeness (QED) is 0.475. The molecule has 1 aliphatic rings. The fourth-order valence-corrected chi connectivity index (χ4v) is 3.10. The summed E-state index contributed by atoms with van der Waals surface area (Å²) in [6, 6.07) is 2.88. The Hall–Kier alpha value is -2.91. The highest BCUT2D eigenvalue weighted by molar-refractivity contribution is 5.87. The van der Waals surface area contributed by atoms with Gasteiger partial charge < -0.3 is 14.8 Å². The predicted molar refractivity (Wildman–Crippen MR) is 114 cm³/mol. The number of aromatic nitrogens is 2. The minimum atomic E-state index is -0.625. The second kappa shape index (κ2) is 9.93. The van der Waals surface area contributed by atoms with Gasteiger partial charge in [0.2, 0.25) is 5.91 Å². The number of hydrazine groups is 1. The van der Waals surface area contributed by atoms with E-state index in [1.54, 1.807) is 41.5 Å². The second-order valence-corrected chi connectivity index (χ2v) is 9.63. The van der Waals surface area contributed by atoms with Crippen molar-refractivity contribution in [2.75, 3.05) is 5.43 Å². The van der Waals surface area contributed by atoms with Crippen molar-refractivity contribution in [1.82, 2.24) is 20.9 Å². The first-order valence-corrected chi connectivity index (χ1v) is 10.4. The molecule has 172 valence electrons. The summed E-state index contributed by atoms with van der Waals surface area (Å²) in [7, 11) is 0. The van der Waals surface area contributed by atoms with Crippen LogP contribution in [0.4, 0.5) is 10.6 Å². The van der Waals surface area contributed by atoms with Crippen LogP contribution in [0.2, 0.25) is 0 Å². The Morgan fingerprint density at radius 2 is 1.65 bits per heavy atom. The lowest BCUT2D eigenvalue weighted by Gasteiger charge is -2.30. The molecule has 0 spiro atoms. The molecule has 1 saturated carbocycles. The third-order valence-corrected chi connectivity index (χ3v) is 4.35. The number of hydrogen-bond acceptors (Lipinski definition) is 8. The molecule has 0 radical (unpaired) electrons. The topological polar surface area (TPSA) is 132 Å². The average Bonchev–Trinajstić information content (AvgIpc) is 2.63. The number of anilines is 1. The van der Waals surface area contributed by atoms with Crippen molar-refractivity contribution in [2.45, 2.75) is 84.5 Å². The van der Waals surface area contributed by atoms with Gasteiger partial charge in [-0.25, -0.2) is 9.59 Å². The summed E-state index contributed by atoms with van der Waals surface area (Å²) in [5, 5.41) is 10.6. The molecule has 1 fully saturated rings. The summed E-state index contributed by atoms with van der Waals surface area (Å²) in [5.41, 5.74) is 4.21. The summed E-state index contributed by atoms with van der Waals surface area (Å²) in [6.07, 6.45) is 2.40. The number of rotatable bonds is 5. The highest BCUT2D eigenvalue weighted by Gasteiger charge is 2.29. The number of carbonyl (C=O) groups is 3. The van der Waals surface area contributed by atoms with Crippen molar-refractivity contribution in [3.8, 4) is 0 Å². The number of carbonyl (C=O) groups excluding carboxylic acids is 3. The Morgan fingerprint density at radius 1 is 0.968 bits per heavy atom. The zero-order chi connectivity index (χ0) is 23.2. The smallest absolute Gasteiger partial charge is 0.407 e. The highest BCUT2D eigenvalue weighted by Crippen LogP contribution is 2.25. The number of hydrogen-bond donors (Lipinski definition) is 3. The van der Waals surface area contributed by atoms with E-state index < -0.39 is 23.3 Å². The van der Waals surface area contributed by atoms with E-state index in [1.807, 2.05) is 0 Å². The van der Waals surface area contributed by atoms with E-state index in [4.69, 9.17) is 9.47 Å². The molecule has 2 amide bonds. The van der Waals surface area contributed by atoms with Crippen LogP contribution in [0.25, 0.3) is 0 Å². The third kappa shape index (κ3) is 8.77. The highest BCUT2D eigenvalue weighted by atomic mass is 16.6. The van der Waals surface area contributed by atoms with Gasteiger partial charge in [0.15, 0.2) is 11.5 Å². The fraction of sp³-hybridized carbons (Fsp3) is 0.667. The number of alkyl carbamates (subject to hydrolysis) is 1. The molecule has 0 saturated heterocycles. The van der Waals surface area contributed by atoms with E-state index >= 15 is 0 Å². The molecule has 1 heterocycles. The van der Waals surface area contributed by atoms with E-state index in [2.05, 4.69) is 26.4 Å². The predicted octanol–water partition coefficient (Wildman–Crippen LogP) is 2.96. The lowest BCUT2D eigenvalue weighted by molar-refractivity contribution is -0.125. The van der Waals surface area contributed by atoms with Crippen LogP contribution in [-0.4, -0.2) is 45.4 Å². The first-order valence-electron chi connectivity index (χ1n) is 10.4. The third-order valence-electron chi connectivity index (χ3n) is 4.35. The average molecular weight is 436 g/mol. The molecule has 0 unspecified atom stereocenters. The van der Waals surface area contributed by atoms with Crippen LogP contribution in [0, 0.1) is 5.92 Å². The summed E-state index contributed by atoms with van der Waals surface area (Å²) in [4.78, 5) is 36.5. The molecule has 1 aromatic rings. The largest absolute Gasteiger partial charge is 0.455 e. The van der Waals surface area contributed by atoms with E-state index in [9.17, 15) is 14.4 Å². The molecule has 2 rings (SSSR count). The van der Waals surface area contributed by atoms with Gasteiger partial charge in [0, 0.05) is 12.0 Å². The van der Waals surface area contributed by atoms with Crippen LogP contribution < -0.4 is 16.2 Å². The molecule has 1 aliphatic carbocycles. The van der Waals surface area contributed by atoms with E-state index in [0.717, 1.165) is 19.3 Å².